The Morgan fingerprint density at radius 2 is 2.08 bits per heavy atom. The molecule has 1 amide bonds. The summed E-state index contributed by atoms with van der Waals surface area (Å²) in [6.45, 7) is 2.16. The van der Waals surface area contributed by atoms with Gasteiger partial charge in [0.1, 0.15) is 0 Å². The molecule has 0 radical (unpaired) electrons. The zero-order chi connectivity index (χ0) is 9.14. The third-order valence-electron chi connectivity index (χ3n) is 1.75. The Hall–Kier alpha value is -1.50. The van der Waals surface area contributed by atoms with Crippen molar-refractivity contribution in [3.8, 4) is 11.8 Å². The molecule has 0 aliphatic carbocycles. The van der Waals surface area contributed by atoms with E-state index in [9.17, 15) is 9.59 Å². The zero-order valence-electron chi connectivity index (χ0n) is 6.70. The van der Waals surface area contributed by atoms with Gasteiger partial charge in [0.05, 0.1) is 5.92 Å². The van der Waals surface area contributed by atoms with Crippen molar-refractivity contribution in [3.63, 3.8) is 0 Å². The Morgan fingerprint density at radius 1 is 1.50 bits per heavy atom. The van der Waals surface area contributed by atoms with Crippen LogP contribution >= 0.6 is 0 Å². The van der Waals surface area contributed by atoms with E-state index < -0.39 is 11.9 Å². The monoisotopic (exact) mass is 167 g/mol. The molecule has 0 unspecified atom stereocenters. The minimum absolute atomic E-state index is 0.282. The molecule has 0 aromatic heterocycles. The molecule has 0 aromatic carbocycles. The van der Waals surface area contributed by atoms with Gasteiger partial charge in [-0.25, -0.2) is 0 Å². The van der Waals surface area contributed by atoms with Crippen LogP contribution in [0.1, 0.15) is 6.92 Å². The van der Waals surface area contributed by atoms with E-state index in [1.165, 1.54) is 4.90 Å². The Morgan fingerprint density at radius 3 is 2.50 bits per heavy atom. The van der Waals surface area contributed by atoms with E-state index in [2.05, 4.69) is 11.8 Å². The van der Waals surface area contributed by atoms with Crippen molar-refractivity contribution in [2.24, 2.45) is 5.92 Å². The lowest BCUT2D eigenvalue weighted by Gasteiger charge is -2.34. The second kappa shape index (κ2) is 3.26. The molecule has 4 heteroatoms. The van der Waals surface area contributed by atoms with Gasteiger partial charge in [-0.1, -0.05) is 5.92 Å². The number of amides is 1. The van der Waals surface area contributed by atoms with Crippen molar-refractivity contribution in [2.75, 3.05) is 13.1 Å². The van der Waals surface area contributed by atoms with Gasteiger partial charge in [-0.3, -0.25) is 9.59 Å². The number of likely N-dealkylation sites (tertiary alicyclic amines) is 1. The maximum atomic E-state index is 11.0. The molecule has 1 saturated heterocycles. The third-order valence-corrected chi connectivity index (χ3v) is 1.75. The van der Waals surface area contributed by atoms with E-state index in [-0.39, 0.29) is 5.91 Å². The van der Waals surface area contributed by atoms with Crippen LogP contribution in [-0.2, 0) is 9.59 Å². The van der Waals surface area contributed by atoms with Gasteiger partial charge in [-0.05, 0) is 12.8 Å². The fourth-order valence-corrected chi connectivity index (χ4v) is 0.987. The summed E-state index contributed by atoms with van der Waals surface area (Å²) in [4.78, 5) is 22.7. The number of hydrogen-bond donors (Lipinski definition) is 1. The number of aliphatic carboxylic acids is 1. The maximum Gasteiger partial charge on any atom is 0.310 e. The van der Waals surface area contributed by atoms with Crippen molar-refractivity contribution in [2.45, 2.75) is 6.92 Å². The molecule has 1 aliphatic heterocycles. The Kier molecular flexibility index (Phi) is 2.34. The highest BCUT2D eigenvalue weighted by molar-refractivity contribution is 5.94. The Balaban J connectivity index is 2.38. The first-order valence-corrected chi connectivity index (χ1v) is 3.59. The number of nitrogens with zero attached hydrogens (tertiary/aromatic N) is 1. The second-order valence-electron chi connectivity index (χ2n) is 2.62. The average Bonchev–Trinajstić information content (AvgIpc) is 1.82. The van der Waals surface area contributed by atoms with Gasteiger partial charge in [0.2, 0.25) is 0 Å². The second-order valence-corrected chi connectivity index (χ2v) is 2.62. The van der Waals surface area contributed by atoms with Crippen LogP contribution in [0.2, 0.25) is 0 Å². The third kappa shape index (κ3) is 1.56. The predicted molar refractivity (Wildman–Crippen MR) is 41.2 cm³/mol. The number of carboxylic acids is 1. The smallest absolute Gasteiger partial charge is 0.310 e. The summed E-state index contributed by atoms with van der Waals surface area (Å²) < 4.78 is 0. The lowest BCUT2D eigenvalue weighted by molar-refractivity contribution is -0.150. The maximum absolute atomic E-state index is 11.0. The number of hydrogen-bond acceptors (Lipinski definition) is 2. The van der Waals surface area contributed by atoms with Crippen LogP contribution in [-0.4, -0.2) is 35.0 Å². The zero-order valence-corrected chi connectivity index (χ0v) is 6.70. The highest BCUT2D eigenvalue weighted by atomic mass is 16.4. The minimum atomic E-state index is -0.844. The molecule has 0 spiro atoms. The van der Waals surface area contributed by atoms with Crippen LogP contribution in [0.15, 0.2) is 0 Å². The molecule has 4 nitrogen and oxygen atoms in total. The van der Waals surface area contributed by atoms with Crippen LogP contribution in [0.5, 0.6) is 0 Å². The van der Waals surface area contributed by atoms with Crippen molar-refractivity contribution < 1.29 is 14.7 Å². The van der Waals surface area contributed by atoms with Crippen molar-refractivity contribution in [1.82, 2.24) is 4.90 Å². The van der Waals surface area contributed by atoms with E-state index in [0.29, 0.717) is 13.1 Å². The molecule has 0 saturated carbocycles. The molecule has 0 aromatic rings. The molecule has 1 rings (SSSR count). The Labute approximate surface area is 70.2 Å². The van der Waals surface area contributed by atoms with Crippen LogP contribution in [0.25, 0.3) is 0 Å². The fourth-order valence-electron chi connectivity index (χ4n) is 0.987. The van der Waals surface area contributed by atoms with Gasteiger partial charge in [0, 0.05) is 13.1 Å². The van der Waals surface area contributed by atoms with Crippen molar-refractivity contribution in [1.29, 1.82) is 0 Å². The summed E-state index contributed by atoms with van der Waals surface area (Å²) in [6, 6.07) is 0. The first kappa shape index (κ1) is 8.60. The molecule has 12 heavy (non-hydrogen) atoms. The Bertz CT molecular complexity index is 268. The van der Waals surface area contributed by atoms with Crippen molar-refractivity contribution in [3.05, 3.63) is 0 Å². The molecule has 1 fully saturated rings. The number of carbonyl (C=O) groups is 2. The lowest BCUT2D eigenvalue weighted by atomic mass is 10.0. The first-order valence-electron chi connectivity index (χ1n) is 3.59. The highest BCUT2D eigenvalue weighted by Gasteiger charge is 2.34. The van der Waals surface area contributed by atoms with Crippen LogP contribution in [0, 0.1) is 17.8 Å². The van der Waals surface area contributed by atoms with E-state index in [0.717, 1.165) is 0 Å². The van der Waals surface area contributed by atoms with Gasteiger partial charge >= 0.3 is 5.97 Å². The fraction of sp³-hybridized carbons (Fsp3) is 0.500. The van der Waals surface area contributed by atoms with Crippen LogP contribution < -0.4 is 0 Å². The number of carboxylic acid groups (broad SMARTS) is 1. The van der Waals surface area contributed by atoms with E-state index in [1.807, 2.05) is 0 Å². The van der Waals surface area contributed by atoms with E-state index >= 15 is 0 Å². The molecule has 1 heterocycles. The van der Waals surface area contributed by atoms with Gasteiger partial charge in [-0.15, -0.1) is 0 Å². The van der Waals surface area contributed by atoms with Crippen molar-refractivity contribution >= 4 is 11.9 Å². The average molecular weight is 167 g/mol. The van der Waals surface area contributed by atoms with E-state index in [4.69, 9.17) is 5.11 Å². The first-order chi connectivity index (χ1) is 5.65. The predicted octanol–water partition coefficient (Wildman–Crippen LogP) is -0.447. The largest absolute Gasteiger partial charge is 0.481 e. The SMILES string of the molecule is CC#CC(=O)N1CC(C(=O)O)C1. The summed E-state index contributed by atoms with van der Waals surface area (Å²) in [5, 5.41) is 8.49. The summed E-state index contributed by atoms with van der Waals surface area (Å²) in [6.07, 6.45) is 0. The normalized spacial score (nSPS) is 15.9. The highest BCUT2D eigenvalue weighted by Crippen LogP contribution is 2.14. The quantitative estimate of drug-likeness (QED) is 0.538. The summed E-state index contributed by atoms with van der Waals surface area (Å²) >= 11 is 0. The molecule has 64 valence electrons. The van der Waals surface area contributed by atoms with Gasteiger partial charge in [0.25, 0.3) is 5.91 Å². The van der Waals surface area contributed by atoms with Crippen LogP contribution in [0.3, 0.4) is 0 Å². The van der Waals surface area contributed by atoms with Gasteiger partial charge < -0.3 is 10.0 Å². The summed E-state index contributed by atoms with van der Waals surface area (Å²) in [5.41, 5.74) is 0. The molecule has 0 bridgehead atoms. The number of carbonyl (C=O) groups excluding carboxylic acids is 1. The molecular weight excluding hydrogens is 158 g/mol. The van der Waals surface area contributed by atoms with Gasteiger partial charge in [0.15, 0.2) is 0 Å². The molecule has 1 N–H and O–H groups in total. The molecule has 1 aliphatic rings. The van der Waals surface area contributed by atoms with E-state index in [1.54, 1.807) is 6.92 Å². The summed E-state index contributed by atoms with van der Waals surface area (Å²) in [5.74, 6) is 3.30. The minimum Gasteiger partial charge on any atom is -0.481 e. The molecule has 0 atom stereocenters. The summed E-state index contributed by atoms with van der Waals surface area (Å²) in [7, 11) is 0. The molecular formula is C8H9NO3. The van der Waals surface area contributed by atoms with Crippen LogP contribution in [0.4, 0.5) is 0 Å². The van der Waals surface area contributed by atoms with Gasteiger partial charge in [-0.2, -0.15) is 0 Å². The standard InChI is InChI=1S/C8H9NO3/c1-2-3-7(10)9-4-6(5-9)8(11)12/h6H,4-5H2,1H3,(H,11,12). The topological polar surface area (TPSA) is 57.6 Å². The number of rotatable bonds is 1. The lowest BCUT2D eigenvalue weighted by Crippen LogP contribution is -2.52.